The molecule has 0 aromatic heterocycles. The highest BCUT2D eigenvalue weighted by Crippen LogP contribution is 2.29. The molecule has 0 aromatic carbocycles. The molecule has 88 valence electrons. The molecule has 2 aliphatic rings. The van der Waals surface area contributed by atoms with Crippen LogP contribution in [0.2, 0.25) is 0 Å². The van der Waals surface area contributed by atoms with E-state index in [2.05, 4.69) is 17.1 Å². The smallest absolute Gasteiger partial charge is 0.0824 e. The summed E-state index contributed by atoms with van der Waals surface area (Å²) in [6.07, 6.45) is 5.51. The second-order valence-corrected chi connectivity index (χ2v) is 5.09. The van der Waals surface area contributed by atoms with Crippen molar-refractivity contribution in [1.29, 1.82) is 0 Å². The first kappa shape index (κ1) is 11.4. The average Bonchev–Trinajstić information content (AvgIpc) is 2.76. The van der Waals surface area contributed by atoms with E-state index < -0.39 is 5.60 Å². The first-order valence-corrected chi connectivity index (χ1v) is 6.43. The molecule has 0 radical (unpaired) electrons. The molecular weight excluding hydrogens is 188 g/mol. The average molecular weight is 212 g/mol. The molecular formula is C12H24N2O. The van der Waals surface area contributed by atoms with Crippen molar-refractivity contribution in [1.82, 2.24) is 10.2 Å². The van der Waals surface area contributed by atoms with Crippen molar-refractivity contribution in [3.05, 3.63) is 0 Å². The molecule has 1 unspecified atom stereocenters. The van der Waals surface area contributed by atoms with Crippen LogP contribution in [0.25, 0.3) is 0 Å². The van der Waals surface area contributed by atoms with Crippen molar-refractivity contribution < 1.29 is 5.11 Å². The summed E-state index contributed by atoms with van der Waals surface area (Å²) in [6, 6.07) is 0.362. The van der Waals surface area contributed by atoms with Crippen LogP contribution in [-0.2, 0) is 0 Å². The number of piperidine rings is 1. The van der Waals surface area contributed by atoms with Crippen LogP contribution in [0.15, 0.2) is 0 Å². The van der Waals surface area contributed by atoms with E-state index in [1.807, 2.05) is 0 Å². The third kappa shape index (κ3) is 2.52. The van der Waals surface area contributed by atoms with Gasteiger partial charge >= 0.3 is 0 Å². The number of rotatable bonds is 3. The van der Waals surface area contributed by atoms with E-state index in [1.165, 1.54) is 19.4 Å². The summed E-state index contributed by atoms with van der Waals surface area (Å²) in [5.74, 6) is 0. The van der Waals surface area contributed by atoms with E-state index in [9.17, 15) is 5.11 Å². The number of nitrogens with zero attached hydrogens (tertiary/aromatic N) is 1. The van der Waals surface area contributed by atoms with Gasteiger partial charge in [0, 0.05) is 19.1 Å². The molecule has 3 heteroatoms. The Labute approximate surface area is 92.8 Å². The first-order valence-electron chi connectivity index (χ1n) is 6.43. The van der Waals surface area contributed by atoms with Gasteiger partial charge < -0.3 is 15.3 Å². The lowest BCUT2D eigenvalue weighted by Gasteiger charge is -2.41. The fourth-order valence-electron chi connectivity index (χ4n) is 2.97. The molecule has 2 N–H and O–H groups in total. The van der Waals surface area contributed by atoms with Crippen LogP contribution in [0.3, 0.4) is 0 Å². The lowest BCUT2D eigenvalue weighted by molar-refractivity contribution is -0.0455. The molecule has 0 spiro atoms. The highest BCUT2D eigenvalue weighted by molar-refractivity contribution is 4.97. The standard InChI is InChI=1S/C12H24N2O/c1-2-8-14-9-5-12(15,6-10-14)11-4-3-7-13-11/h11,13,15H,2-10H2,1H3. The van der Waals surface area contributed by atoms with Crippen molar-refractivity contribution in [2.24, 2.45) is 0 Å². The fraction of sp³-hybridized carbons (Fsp3) is 1.00. The van der Waals surface area contributed by atoms with Crippen molar-refractivity contribution in [2.75, 3.05) is 26.2 Å². The lowest BCUT2D eigenvalue weighted by atomic mass is 9.83. The summed E-state index contributed by atoms with van der Waals surface area (Å²) in [4.78, 5) is 2.48. The molecule has 0 saturated carbocycles. The van der Waals surface area contributed by atoms with Gasteiger partial charge in [-0.2, -0.15) is 0 Å². The van der Waals surface area contributed by atoms with E-state index in [0.29, 0.717) is 6.04 Å². The number of likely N-dealkylation sites (tertiary alicyclic amines) is 1. The Morgan fingerprint density at radius 1 is 1.40 bits per heavy atom. The van der Waals surface area contributed by atoms with Crippen LogP contribution in [0, 0.1) is 0 Å². The van der Waals surface area contributed by atoms with Gasteiger partial charge in [-0.1, -0.05) is 6.92 Å². The minimum absolute atomic E-state index is 0.362. The third-order valence-electron chi connectivity index (χ3n) is 3.97. The van der Waals surface area contributed by atoms with E-state index in [-0.39, 0.29) is 0 Å². The van der Waals surface area contributed by atoms with Gasteiger partial charge in [-0.25, -0.2) is 0 Å². The number of nitrogens with one attached hydrogen (secondary N) is 1. The largest absolute Gasteiger partial charge is 0.388 e. The highest BCUT2D eigenvalue weighted by atomic mass is 16.3. The summed E-state index contributed by atoms with van der Waals surface area (Å²) >= 11 is 0. The molecule has 1 atom stereocenters. The minimum atomic E-state index is -0.416. The van der Waals surface area contributed by atoms with Crippen molar-refractivity contribution >= 4 is 0 Å². The van der Waals surface area contributed by atoms with Gasteiger partial charge in [-0.05, 0) is 45.2 Å². The van der Waals surface area contributed by atoms with Crippen LogP contribution in [0.1, 0.15) is 39.0 Å². The fourth-order valence-corrected chi connectivity index (χ4v) is 2.97. The molecule has 0 amide bonds. The number of hydrogen-bond donors (Lipinski definition) is 2. The monoisotopic (exact) mass is 212 g/mol. The predicted molar refractivity (Wildman–Crippen MR) is 61.9 cm³/mol. The van der Waals surface area contributed by atoms with Crippen LogP contribution in [-0.4, -0.2) is 47.8 Å². The van der Waals surface area contributed by atoms with Gasteiger partial charge in [-0.3, -0.25) is 0 Å². The molecule has 2 aliphatic heterocycles. The van der Waals surface area contributed by atoms with Crippen molar-refractivity contribution in [3.8, 4) is 0 Å². The maximum atomic E-state index is 10.6. The normalized spacial score (nSPS) is 32.0. The molecule has 2 fully saturated rings. The van der Waals surface area contributed by atoms with Gasteiger partial charge in [0.15, 0.2) is 0 Å². The Bertz CT molecular complexity index is 194. The van der Waals surface area contributed by atoms with Crippen LogP contribution >= 0.6 is 0 Å². The number of hydrogen-bond acceptors (Lipinski definition) is 3. The quantitative estimate of drug-likeness (QED) is 0.732. The van der Waals surface area contributed by atoms with E-state index in [1.54, 1.807) is 0 Å². The summed E-state index contributed by atoms with van der Waals surface area (Å²) in [5, 5.41) is 14.0. The Morgan fingerprint density at radius 3 is 2.67 bits per heavy atom. The maximum Gasteiger partial charge on any atom is 0.0824 e. The van der Waals surface area contributed by atoms with Crippen LogP contribution in [0.4, 0.5) is 0 Å². The van der Waals surface area contributed by atoms with Gasteiger partial charge in [0.05, 0.1) is 5.60 Å². The maximum absolute atomic E-state index is 10.6. The zero-order chi connectivity index (χ0) is 10.7. The molecule has 0 aliphatic carbocycles. The van der Waals surface area contributed by atoms with Gasteiger partial charge in [0.1, 0.15) is 0 Å². The predicted octanol–water partition coefficient (Wildman–Crippen LogP) is 0.975. The Kier molecular flexibility index (Phi) is 3.65. The lowest BCUT2D eigenvalue weighted by Crippen LogP contribution is -2.54. The highest BCUT2D eigenvalue weighted by Gasteiger charge is 2.40. The van der Waals surface area contributed by atoms with Crippen LogP contribution in [0.5, 0.6) is 0 Å². The van der Waals surface area contributed by atoms with Crippen molar-refractivity contribution in [3.63, 3.8) is 0 Å². The topological polar surface area (TPSA) is 35.5 Å². The molecule has 2 rings (SSSR count). The third-order valence-corrected chi connectivity index (χ3v) is 3.97. The zero-order valence-electron chi connectivity index (χ0n) is 9.84. The SMILES string of the molecule is CCCN1CCC(O)(C2CCCN2)CC1. The molecule has 3 nitrogen and oxygen atoms in total. The van der Waals surface area contributed by atoms with E-state index >= 15 is 0 Å². The molecule has 2 heterocycles. The second-order valence-electron chi connectivity index (χ2n) is 5.09. The van der Waals surface area contributed by atoms with Crippen LogP contribution < -0.4 is 5.32 Å². The molecule has 0 bridgehead atoms. The number of aliphatic hydroxyl groups is 1. The zero-order valence-corrected chi connectivity index (χ0v) is 9.84. The van der Waals surface area contributed by atoms with E-state index in [0.717, 1.165) is 38.9 Å². The van der Waals surface area contributed by atoms with Gasteiger partial charge in [0.2, 0.25) is 0 Å². The van der Waals surface area contributed by atoms with E-state index in [4.69, 9.17) is 0 Å². The molecule has 15 heavy (non-hydrogen) atoms. The summed E-state index contributed by atoms with van der Waals surface area (Å²) < 4.78 is 0. The van der Waals surface area contributed by atoms with Crippen molar-refractivity contribution in [2.45, 2.75) is 50.7 Å². The Hall–Kier alpha value is -0.120. The second kappa shape index (κ2) is 4.81. The Morgan fingerprint density at radius 2 is 2.13 bits per heavy atom. The first-order chi connectivity index (χ1) is 7.24. The Balaban J connectivity index is 1.84. The summed E-state index contributed by atoms with van der Waals surface area (Å²) in [6.45, 7) is 6.64. The molecule has 0 aromatic rings. The van der Waals surface area contributed by atoms with Gasteiger partial charge in [-0.15, -0.1) is 0 Å². The molecule has 2 saturated heterocycles. The minimum Gasteiger partial charge on any atom is -0.388 e. The summed E-state index contributed by atoms with van der Waals surface area (Å²) in [5.41, 5.74) is -0.416. The van der Waals surface area contributed by atoms with Gasteiger partial charge in [0.25, 0.3) is 0 Å². The summed E-state index contributed by atoms with van der Waals surface area (Å²) in [7, 11) is 0.